The molecule has 3 rings (SSSR count). The Hall–Kier alpha value is -1.64. The Balaban J connectivity index is 2.00. The molecule has 3 aliphatic heterocycles. The number of hydrogen-bond donors (Lipinski definition) is 1. The zero-order valence-corrected chi connectivity index (χ0v) is 9.49. The van der Waals surface area contributed by atoms with Crippen LogP contribution in [-0.2, 0) is 9.47 Å². The summed E-state index contributed by atoms with van der Waals surface area (Å²) in [5.74, 6) is 2.23. The van der Waals surface area contributed by atoms with Crippen molar-refractivity contribution < 1.29 is 9.47 Å². The van der Waals surface area contributed by atoms with Gasteiger partial charge in [-0.05, 0) is 6.08 Å². The van der Waals surface area contributed by atoms with Crippen molar-refractivity contribution in [1.82, 2.24) is 5.32 Å². The fourth-order valence-electron chi connectivity index (χ4n) is 2.44. The van der Waals surface area contributed by atoms with Crippen molar-refractivity contribution in [3.63, 3.8) is 0 Å². The summed E-state index contributed by atoms with van der Waals surface area (Å²) < 4.78 is 11.2. The van der Waals surface area contributed by atoms with Crippen LogP contribution in [0.15, 0.2) is 47.5 Å². The van der Waals surface area contributed by atoms with E-state index in [4.69, 9.17) is 9.47 Å². The van der Waals surface area contributed by atoms with E-state index in [0.717, 1.165) is 12.4 Å². The van der Waals surface area contributed by atoms with Gasteiger partial charge in [-0.25, -0.2) is 0 Å². The van der Waals surface area contributed by atoms with E-state index in [-0.39, 0.29) is 0 Å². The van der Waals surface area contributed by atoms with Crippen molar-refractivity contribution in [2.75, 3.05) is 6.54 Å². The average Bonchev–Trinajstić information content (AvgIpc) is 2.29. The van der Waals surface area contributed by atoms with Crippen LogP contribution in [0.1, 0.15) is 13.8 Å². The number of allylic oxidation sites excluding steroid dienone is 4. The highest BCUT2D eigenvalue weighted by Gasteiger charge is 2.33. The molecule has 0 saturated carbocycles. The summed E-state index contributed by atoms with van der Waals surface area (Å²) in [6, 6.07) is 0. The molecule has 3 heteroatoms. The first-order valence-electron chi connectivity index (χ1n) is 5.67. The third kappa shape index (κ3) is 1.28. The molecule has 84 valence electrons. The molecular weight excluding hydrogens is 202 g/mol. The summed E-state index contributed by atoms with van der Waals surface area (Å²) >= 11 is 0. The van der Waals surface area contributed by atoms with Crippen LogP contribution >= 0.6 is 0 Å². The minimum absolute atomic E-state index is 0.350. The molecule has 2 atom stereocenters. The lowest BCUT2D eigenvalue weighted by molar-refractivity contribution is 0.0914. The number of rotatable bonds is 0. The molecule has 16 heavy (non-hydrogen) atoms. The van der Waals surface area contributed by atoms with Crippen LogP contribution in [0, 0.1) is 11.8 Å². The van der Waals surface area contributed by atoms with Crippen LogP contribution in [0.4, 0.5) is 0 Å². The van der Waals surface area contributed by atoms with Crippen LogP contribution < -0.4 is 5.32 Å². The normalized spacial score (nSPS) is 31.4. The van der Waals surface area contributed by atoms with Crippen molar-refractivity contribution >= 4 is 0 Å². The van der Waals surface area contributed by atoms with Gasteiger partial charge in [0.05, 0.1) is 6.26 Å². The third-order valence-corrected chi connectivity index (χ3v) is 3.34. The predicted molar refractivity (Wildman–Crippen MR) is 60.8 cm³/mol. The van der Waals surface area contributed by atoms with Gasteiger partial charge in [0.25, 0.3) is 5.95 Å². The lowest BCUT2D eigenvalue weighted by atomic mass is 9.83. The van der Waals surface area contributed by atoms with E-state index in [2.05, 4.69) is 37.4 Å². The Kier molecular flexibility index (Phi) is 2.06. The summed E-state index contributed by atoms with van der Waals surface area (Å²) in [7, 11) is 0. The van der Waals surface area contributed by atoms with E-state index in [9.17, 15) is 0 Å². The van der Waals surface area contributed by atoms with E-state index >= 15 is 0 Å². The molecule has 3 nitrogen and oxygen atoms in total. The van der Waals surface area contributed by atoms with Gasteiger partial charge in [0.1, 0.15) is 0 Å². The van der Waals surface area contributed by atoms with Crippen LogP contribution in [0.3, 0.4) is 0 Å². The molecule has 0 aliphatic carbocycles. The van der Waals surface area contributed by atoms with E-state index in [1.165, 1.54) is 11.1 Å². The maximum absolute atomic E-state index is 5.76. The summed E-state index contributed by atoms with van der Waals surface area (Å²) in [6.45, 7) is 5.18. The quantitative estimate of drug-likeness (QED) is 0.676. The Morgan fingerprint density at radius 3 is 3.12 bits per heavy atom. The molecule has 0 radical (unpaired) electrons. The molecule has 3 aliphatic rings. The maximum atomic E-state index is 5.76. The fraction of sp³-hybridized carbons (Fsp3) is 0.385. The summed E-state index contributed by atoms with van der Waals surface area (Å²) in [6.07, 6.45) is 8.03. The van der Waals surface area contributed by atoms with Gasteiger partial charge in [-0.2, -0.15) is 0 Å². The first-order valence-corrected chi connectivity index (χ1v) is 5.67. The highest BCUT2D eigenvalue weighted by atomic mass is 16.7. The molecule has 3 heterocycles. The number of dihydropyridines is 1. The summed E-state index contributed by atoms with van der Waals surface area (Å²) in [5, 5.41) is 3.23. The minimum Gasteiger partial charge on any atom is -0.434 e. The predicted octanol–water partition coefficient (Wildman–Crippen LogP) is 2.42. The number of nitrogens with one attached hydrogen (secondary N) is 1. The molecule has 0 fully saturated rings. The van der Waals surface area contributed by atoms with Gasteiger partial charge in [-0.3, -0.25) is 0 Å². The van der Waals surface area contributed by atoms with Gasteiger partial charge in [-0.1, -0.05) is 26.0 Å². The molecule has 0 aromatic heterocycles. The lowest BCUT2D eigenvalue weighted by Crippen LogP contribution is -2.30. The Bertz CT molecular complexity index is 443. The molecule has 0 aromatic rings. The second-order valence-corrected chi connectivity index (χ2v) is 4.37. The fourth-order valence-corrected chi connectivity index (χ4v) is 2.44. The molecule has 0 amide bonds. The minimum atomic E-state index is 0.350. The van der Waals surface area contributed by atoms with Gasteiger partial charge in [0, 0.05) is 29.5 Å². The van der Waals surface area contributed by atoms with Crippen LogP contribution in [0.5, 0.6) is 0 Å². The standard InChI is InChI=1S/C13H15NO2/c1-8-5-7-15-13-11(8)9(2)10-4-3-6-14-12(10)16-13/h3-5,7-9,14H,6H2,1-2H3. The first kappa shape index (κ1) is 9.58. The summed E-state index contributed by atoms with van der Waals surface area (Å²) in [4.78, 5) is 0. The Morgan fingerprint density at radius 1 is 1.38 bits per heavy atom. The molecule has 0 aromatic carbocycles. The second kappa shape index (κ2) is 3.44. The molecular formula is C13H15NO2. The Morgan fingerprint density at radius 2 is 2.25 bits per heavy atom. The van der Waals surface area contributed by atoms with Gasteiger partial charge in [0.15, 0.2) is 0 Å². The van der Waals surface area contributed by atoms with Gasteiger partial charge in [0.2, 0.25) is 5.88 Å². The largest absolute Gasteiger partial charge is 0.434 e. The van der Waals surface area contributed by atoms with E-state index in [1.54, 1.807) is 6.26 Å². The molecule has 0 bridgehead atoms. The van der Waals surface area contributed by atoms with Crippen molar-refractivity contribution in [2.24, 2.45) is 11.8 Å². The van der Waals surface area contributed by atoms with Crippen molar-refractivity contribution in [2.45, 2.75) is 13.8 Å². The highest BCUT2D eigenvalue weighted by molar-refractivity contribution is 5.39. The Labute approximate surface area is 95.1 Å². The van der Waals surface area contributed by atoms with E-state index in [0.29, 0.717) is 17.8 Å². The molecule has 0 spiro atoms. The number of ether oxygens (including phenoxy) is 2. The second-order valence-electron chi connectivity index (χ2n) is 4.37. The highest BCUT2D eigenvalue weighted by Crippen LogP contribution is 2.40. The van der Waals surface area contributed by atoms with Gasteiger partial charge >= 0.3 is 0 Å². The zero-order valence-electron chi connectivity index (χ0n) is 9.49. The summed E-state index contributed by atoms with van der Waals surface area (Å²) in [5.41, 5.74) is 2.45. The van der Waals surface area contributed by atoms with Gasteiger partial charge < -0.3 is 14.8 Å². The lowest BCUT2D eigenvalue weighted by Gasteiger charge is -2.33. The van der Waals surface area contributed by atoms with E-state index in [1.807, 2.05) is 0 Å². The van der Waals surface area contributed by atoms with Crippen molar-refractivity contribution in [3.8, 4) is 0 Å². The van der Waals surface area contributed by atoms with E-state index < -0.39 is 0 Å². The van der Waals surface area contributed by atoms with Crippen LogP contribution in [0.2, 0.25) is 0 Å². The topological polar surface area (TPSA) is 30.5 Å². The smallest absolute Gasteiger partial charge is 0.291 e. The molecule has 0 saturated heterocycles. The van der Waals surface area contributed by atoms with Gasteiger partial charge in [-0.15, -0.1) is 0 Å². The first-order chi connectivity index (χ1) is 7.77. The molecule has 1 N–H and O–H groups in total. The van der Waals surface area contributed by atoms with Crippen LogP contribution in [-0.4, -0.2) is 6.54 Å². The SMILES string of the molecule is CC1C=COC2=C1C(C)C1=C(NCC=C1)O2. The third-order valence-electron chi connectivity index (χ3n) is 3.34. The van der Waals surface area contributed by atoms with Crippen molar-refractivity contribution in [3.05, 3.63) is 47.5 Å². The number of hydrogen-bond acceptors (Lipinski definition) is 3. The average molecular weight is 217 g/mol. The molecule has 2 unspecified atom stereocenters. The van der Waals surface area contributed by atoms with Crippen LogP contribution in [0.25, 0.3) is 0 Å². The zero-order chi connectivity index (χ0) is 11.1. The monoisotopic (exact) mass is 217 g/mol. The maximum Gasteiger partial charge on any atom is 0.291 e. The van der Waals surface area contributed by atoms with Crippen molar-refractivity contribution in [1.29, 1.82) is 0 Å².